The Morgan fingerprint density at radius 2 is 1.15 bits per heavy atom. The fraction of sp³-hybridized carbons (Fsp3) is 0.857. The molecule has 0 radical (unpaired) electrons. The minimum absolute atomic E-state index is 0.0298. The largest absolute Gasteiger partial charge is 0.545 e. The fourth-order valence-electron chi connectivity index (χ4n) is 11.6. The molecule has 5 aliphatic rings. The highest BCUT2D eigenvalue weighted by atomic mass is 16.6. The Labute approximate surface area is 535 Å². The highest BCUT2D eigenvalue weighted by molar-refractivity contribution is 5.85. The minimum atomic E-state index is -1.13. The number of nitrogens with zero attached hydrogens (tertiary/aromatic N) is 5. The maximum Gasteiger partial charge on any atom is 0.410 e. The molecule has 0 bridgehead atoms. The van der Waals surface area contributed by atoms with Gasteiger partial charge in [0.15, 0.2) is 5.96 Å². The van der Waals surface area contributed by atoms with E-state index in [0.717, 1.165) is 91.1 Å². The number of carboxylic acid groups (broad SMARTS) is 1. The second-order valence-corrected chi connectivity index (χ2v) is 25.4. The Hall–Kier alpha value is -3.62. The maximum absolute atomic E-state index is 12.2. The highest BCUT2D eigenvalue weighted by Gasteiger charge is 2.32. The Morgan fingerprint density at radius 1 is 0.648 bits per heavy atom. The SMILES string of the molecule is C1CCC(N=C(NC2CCCCC2)N2CCOCC2)CC1.CCC(C)(C)OC(=O)N1CCC(OC(=O)C2CCCCC2)CC1.CCCC[N+](CCCC)(CCCC)CCCC.COCCCN(CCOCCO)CCOCCO.O=C([O-])c1ccccc1. The van der Waals surface area contributed by atoms with Gasteiger partial charge in [0.1, 0.15) is 11.7 Å². The zero-order chi connectivity index (χ0) is 64.4. The number of hydrogen-bond acceptors (Lipinski definition) is 14. The Bertz CT molecular complexity index is 1800. The summed E-state index contributed by atoms with van der Waals surface area (Å²) >= 11 is 0. The molecule has 0 atom stereocenters. The molecule has 512 valence electrons. The molecule has 18 heteroatoms. The predicted molar refractivity (Wildman–Crippen MR) is 354 cm³/mol. The molecule has 0 aromatic heterocycles. The van der Waals surface area contributed by atoms with Crippen LogP contribution in [0.5, 0.6) is 0 Å². The van der Waals surface area contributed by atoms with Crippen molar-refractivity contribution >= 4 is 24.0 Å². The summed E-state index contributed by atoms with van der Waals surface area (Å²) in [5.74, 6) is 0.114. The second kappa shape index (κ2) is 51.9. The zero-order valence-corrected chi connectivity index (χ0v) is 57.1. The molecule has 1 aromatic rings. The van der Waals surface area contributed by atoms with Gasteiger partial charge < -0.3 is 68.1 Å². The summed E-state index contributed by atoms with van der Waals surface area (Å²) in [6.45, 7) is 31.1. The van der Waals surface area contributed by atoms with Crippen LogP contribution in [0.3, 0.4) is 0 Å². The molecule has 5 fully saturated rings. The lowest BCUT2D eigenvalue weighted by molar-refractivity contribution is -0.929. The van der Waals surface area contributed by atoms with Gasteiger partial charge in [-0.1, -0.05) is 148 Å². The molecule has 2 saturated heterocycles. The molecule has 0 spiro atoms. The average molecular weight is 1250 g/mol. The number of likely N-dealkylation sites (tertiary alicyclic amines) is 1. The van der Waals surface area contributed by atoms with Crippen LogP contribution < -0.4 is 10.4 Å². The number of quaternary nitrogens is 1. The number of aliphatic hydroxyl groups excluding tert-OH is 2. The van der Waals surface area contributed by atoms with E-state index in [0.29, 0.717) is 64.4 Å². The standard InChI is InChI=1S/C18H31NO4.C17H31N3O.C16H36N.C12H27NO5.C7H6O2/c1-4-18(2,3)23-17(21)19-12-10-15(11-13-19)22-16(20)14-8-6-5-7-9-14;1-3-7-15(8-4-1)18-17(20-11-13-21-14-12-20)19-16-9-5-2-6-10-16;1-5-9-13-17(14-10-6-2,15-11-7-3)16-12-8-4;1-16-8-2-3-13(4-9-17-11-6-14)5-10-18-12-7-15;8-7(9)6-4-2-1-3-5-6/h14-15H,4-13H2,1-3H3;15-16H,1-14H2,(H,18,19);5-16H2,1-4H3;14-15H,2-12H2,1H3;1-5H,(H,8,9)/q;;+1;;/p-1. The number of unbranched alkanes of at least 4 members (excludes halogenated alkanes) is 4. The molecule has 3 saturated carbocycles. The van der Waals surface area contributed by atoms with Crippen LogP contribution in [0.25, 0.3) is 0 Å². The monoisotopic (exact) mass is 1250 g/mol. The molecule has 1 amide bonds. The number of aliphatic hydroxyl groups is 2. The molecule has 2 heterocycles. The van der Waals surface area contributed by atoms with Gasteiger partial charge in [-0.05, 0) is 96.5 Å². The van der Waals surface area contributed by atoms with E-state index >= 15 is 0 Å². The number of carboxylic acids is 1. The summed E-state index contributed by atoms with van der Waals surface area (Å²) in [6.07, 6.45) is 32.8. The van der Waals surface area contributed by atoms with E-state index in [1.165, 1.54) is 171 Å². The smallest absolute Gasteiger partial charge is 0.410 e. The van der Waals surface area contributed by atoms with Crippen molar-refractivity contribution in [3.8, 4) is 0 Å². The van der Waals surface area contributed by atoms with E-state index in [1.807, 2.05) is 20.8 Å². The predicted octanol–water partition coefficient (Wildman–Crippen LogP) is 11.2. The van der Waals surface area contributed by atoms with Crippen LogP contribution in [0.4, 0.5) is 4.79 Å². The second-order valence-electron chi connectivity index (χ2n) is 25.4. The van der Waals surface area contributed by atoms with Gasteiger partial charge in [-0.2, -0.15) is 0 Å². The first kappa shape index (κ1) is 80.5. The van der Waals surface area contributed by atoms with Crippen molar-refractivity contribution in [3.05, 3.63) is 35.9 Å². The zero-order valence-electron chi connectivity index (χ0n) is 57.1. The van der Waals surface area contributed by atoms with E-state index in [9.17, 15) is 19.5 Å². The molecule has 3 N–H and O–H groups in total. The first-order chi connectivity index (χ1) is 42.7. The van der Waals surface area contributed by atoms with Gasteiger partial charge in [0.25, 0.3) is 0 Å². The maximum atomic E-state index is 12.2. The number of rotatable bonds is 33. The molecule has 2 aliphatic heterocycles. The van der Waals surface area contributed by atoms with Gasteiger partial charge in [-0.25, -0.2) is 9.79 Å². The van der Waals surface area contributed by atoms with E-state index < -0.39 is 11.6 Å². The Balaban J connectivity index is 0.000000384. The first-order valence-electron chi connectivity index (χ1n) is 35.3. The molecule has 6 rings (SSSR count). The Kier molecular flexibility index (Phi) is 47.5. The van der Waals surface area contributed by atoms with Crippen molar-refractivity contribution in [2.75, 3.05) is 139 Å². The van der Waals surface area contributed by atoms with Crippen molar-refractivity contribution in [2.45, 2.75) is 246 Å². The summed E-state index contributed by atoms with van der Waals surface area (Å²) in [7, 11) is 1.69. The van der Waals surface area contributed by atoms with E-state index in [1.54, 1.807) is 30.2 Å². The lowest BCUT2D eigenvalue weighted by atomic mass is 9.89. The number of piperidine rings is 1. The number of hydrogen-bond donors (Lipinski definition) is 3. The third-order valence-electron chi connectivity index (χ3n) is 17.6. The highest BCUT2D eigenvalue weighted by Crippen LogP contribution is 2.27. The van der Waals surface area contributed by atoms with Gasteiger partial charge in [0, 0.05) is 78.4 Å². The number of carbonyl (C=O) groups excluding carboxylic acids is 3. The minimum Gasteiger partial charge on any atom is -0.545 e. The number of carbonyl (C=O) groups is 3. The molecule has 0 unspecified atom stereocenters. The molecule has 18 nitrogen and oxygen atoms in total. The molecular formula is C70H130N6O12. The molecule has 88 heavy (non-hydrogen) atoms. The lowest BCUT2D eigenvalue weighted by Crippen LogP contribution is -2.51. The Morgan fingerprint density at radius 3 is 1.60 bits per heavy atom. The van der Waals surface area contributed by atoms with Crippen molar-refractivity contribution in [3.63, 3.8) is 0 Å². The van der Waals surface area contributed by atoms with Crippen LogP contribution in [0.2, 0.25) is 0 Å². The van der Waals surface area contributed by atoms with E-state index in [2.05, 4.69) is 42.8 Å². The van der Waals surface area contributed by atoms with Crippen molar-refractivity contribution in [1.29, 1.82) is 0 Å². The normalized spacial score (nSPS) is 17.5. The molecule has 3 aliphatic carbocycles. The van der Waals surface area contributed by atoms with Gasteiger partial charge in [0.05, 0.1) is 97.0 Å². The first-order valence-corrected chi connectivity index (χ1v) is 35.3. The van der Waals surface area contributed by atoms with Crippen LogP contribution in [-0.4, -0.2) is 216 Å². The summed E-state index contributed by atoms with van der Waals surface area (Å²) in [5.41, 5.74) is -0.209. The molecular weight excluding hydrogens is 1120 g/mol. The van der Waals surface area contributed by atoms with E-state index in [-0.39, 0.29) is 42.9 Å². The summed E-state index contributed by atoms with van der Waals surface area (Å²) in [6, 6.07) is 9.25. The van der Waals surface area contributed by atoms with Gasteiger partial charge in [-0.15, -0.1) is 0 Å². The number of benzene rings is 1. The van der Waals surface area contributed by atoms with Crippen molar-refractivity contribution in [1.82, 2.24) is 20.0 Å². The summed E-state index contributed by atoms with van der Waals surface area (Å²) in [4.78, 5) is 45.9. The number of amides is 1. The van der Waals surface area contributed by atoms with Gasteiger partial charge in [-0.3, -0.25) is 9.69 Å². The van der Waals surface area contributed by atoms with Crippen LogP contribution in [-0.2, 0) is 33.2 Å². The van der Waals surface area contributed by atoms with Gasteiger partial charge in [0.2, 0.25) is 0 Å². The van der Waals surface area contributed by atoms with Crippen LogP contribution >= 0.6 is 0 Å². The van der Waals surface area contributed by atoms with Crippen molar-refractivity contribution in [2.24, 2.45) is 10.9 Å². The third kappa shape index (κ3) is 38.3. The molecule has 1 aromatic carbocycles. The van der Waals surface area contributed by atoms with Crippen LogP contribution in [0.1, 0.15) is 232 Å². The third-order valence-corrected chi connectivity index (χ3v) is 17.6. The number of esters is 1. The number of nitrogens with one attached hydrogen (secondary N) is 1. The quantitative estimate of drug-likeness (QED) is 0.0197. The number of morpholine rings is 1. The fourth-order valence-corrected chi connectivity index (χ4v) is 11.6. The average Bonchev–Trinajstić information content (AvgIpc) is 3.70. The van der Waals surface area contributed by atoms with Gasteiger partial charge >= 0.3 is 12.1 Å². The van der Waals surface area contributed by atoms with E-state index in [4.69, 9.17) is 43.6 Å². The number of guanidine groups is 1. The number of ether oxygens (including phenoxy) is 6. The number of aliphatic imine (C=N–C) groups is 1. The summed E-state index contributed by atoms with van der Waals surface area (Å²) < 4.78 is 33.6. The number of methoxy groups -OCH3 is 1. The summed E-state index contributed by atoms with van der Waals surface area (Å²) in [5, 5.41) is 31.1. The van der Waals surface area contributed by atoms with Crippen molar-refractivity contribution < 1.29 is 62.6 Å². The topological polar surface area (TPSA) is 204 Å². The van der Waals surface area contributed by atoms with Crippen LogP contribution in [0, 0.1) is 5.92 Å². The van der Waals surface area contributed by atoms with Crippen LogP contribution in [0.15, 0.2) is 35.3 Å². The number of aromatic carboxylic acids is 1. The lowest BCUT2D eigenvalue weighted by Gasteiger charge is -2.39.